The maximum absolute atomic E-state index is 12.0. The zero-order valence-electron chi connectivity index (χ0n) is 13.1. The van der Waals surface area contributed by atoms with Crippen LogP contribution >= 0.6 is 23.2 Å². The first-order valence-electron chi connectivity index (χ1n) is 7.12. The number of amides is 2. The van der Waals surface area contributed by atoms with E-state index in [9.17, 15) is 14.4 Å². The van der Waals surface area contributed by atoms with Gasteiger partial charge in [-0.2, -0.15) is 0 Å². The third kappa shape index (κ3) is 5.20. The predicted octanol–water partition coefficient (Wildman–Crippen LogP) is 3.15. The van der Waals surface area contributed by atoms with Crippen LogP contribution in [0.5, 0.6) is 0 Å². The fraction of sp³-hybridized carbons (Fsp3) is 0.118. The number of anilines is 1. The summed E-state index contributed by atoms with van der Waals surface area (Å²) in [6, 6.07) is 10.6. The maximum Gasteiger partial charge on any atom is 0.337 e. The molecule has 8 heteroatoms. The van der Waals surface area contributed by atoms with Crippen LogP contribution in [0.4, 0.5) is 5.69 Å². The molecule has 2 N–H and O–H groups in total. The molecular weight excluding hydrogens is 367 g/mol. The maximum atomic E-state index is 12.0. The van der Waals surface area contributed by atoms with Crippen molar-refractivity contribution < 1.29 is 19.1 Å². The predicted molar refractivity (Wildman–Crippen MR) is 95.2 cm³/mol. The fourth-order valence-corrected chi connectivity index (χ4v) is 2.21. The molecule has 0 aliphatic heterocycles. The smallest absolute Gasteiger partial charge is 0.337 e. The van der Waals surface area contributed by atoms with Gasteiger partial charge in [-0.1, -0.05) is 23.2 Å². The number of ether oxygens (including phenoxy) is 1. The molecule has 0 fully saturated rings. The average molecular weight is 381 g/mol. The van der Waals surface area contributed by atoms with E-state index in [-0.39, 0.29) is 11.6 Å². The second-order valence-corrected chi connectivity index (χ2v) is 5.74. The Labute approximate surface area is 154 Å². The summed E-state index contributed by atoms with van der Waals surface area (Å²) in [4.78, 5) is 35.2. The topological polar surface area (TPSA) is 84.5 Å². The van der Waals surface area contributed by atoms with E-state index < -0.39 is 17.8 Å². The molecule has 2 aromatic rings. The van der Waals surface area contributed by atoms with Gasteiger partial charge in [-0.15, -0.1) is 0 Å². The van der Waals surface area contributed by atoms with Crippen LogP contribution in [0.25, 0.3) is 0 Å². The number of carbonyl (C=O) groups excluding carboxylic acids is 3. The van der Waals surface area contributed by atoms with Gasteiger partial charge in [0.05, 0.1) is 29.3 Å². The summed E-state index contributed by atoms with van der Waals surface area (Å²) >= 11 is 11.6. The van der Waals surface area contributed by atoms with Crippen LogP contribution in [-0.2, 0) is 9.53 Å². The molecule has 0 aliphatic carbocycles. The van der Waals surface area contributed by atoms with Crippen molar-refractivity contribution in [3.63, 3.8) is 0 Å². The van der Waals surface area contributed by atoms with E-state index in [1.807, 2.05) is 0 Å². The highest BCUT2D eigenvalue weighted by molar-refractivity contribution is 6.42. The van der Waals surface area contributed by atoms with Crippen molar-refractivity contribution in [2.45, 2.75) is 0 Å². The molecule has 0 aliphatic rings. The highest BCUT2D eigenvalue weighted by Crippen LogP contribution is 2.22. The summed E-state index contributed by atoms with van der Waals surface area (Å²) in [6.45, 7) is -0.224. The van der Waals surface area contributed by atoms with Gasteiger partial charge in [-0.3, -0.25) is 9.59 Å². The molecule has 0 heterocycles. The number of esters is 1. The first kappa shape index (κ1) is 18.8. The Hall–Kier alpha value is -2.57. The summed E-state index contributed by atoms with van der Waals surface area (Å²) in [5.41, 5.74) is 1.15. The molecule has 2 aromatic carbocycles. The Kier molecular flexibility index (Phi) is 6.38. The quantitative estimate of drug-likeness (QED) is 0.780. The van der Waals surface area contributed by atoms with Crippen LogP contribution in [0.2, 0.25) is 10.0 Å². The highest BCUT2D eigenvalue weighted by atomic mass is 35.5. The molecule has 0 aromatic heterocycles. The number of benzene rings is 2. The van der Waals surface area contributed by atoms with Crippen LogP contribution in [-0.4, -0.2) is 31.4 Å². The zero-order chi connectivity index (χ0) is 18.4. The summed E-state index contributed by atoms with van der Waals surface area (Å²) in [6.07, 6.45) is 0. The van der Waals surface area contributed by atoms with Crippen LogP contribution in [0.3, 0.4) is 0 Å². The SMILES string of the molecule is COC(=O)c1ccc(NC(=O)CNC(=O)c2ccc(Cl)c(Cl)c2)cc1. The molecule has 0 radical (unpaired) electrons. The Balaban J connectivity index is 1.88. The third-order valence-electron chi connectivity index (χ3n) is 3.18. The summed E-state index contributed by atoms with van der Waals surface area (Å²) in [5.74, 6) is -1.33. The first-order valence-corrected chi connectivity index (χ1v) is 7.88. The first-order chi connectivity index (χ1) is 11.9. The van der Waals surface area contributed by atoms with Crippen LogP contribution in [0.1, 0.15) is 20.7 Å². The lowest BCUT2D eigenvalue weighted by Gasteiger charge is -2.08. The van der Waals surface area contributed by atoms with Crippen molar-refractivity contribution in [1.82, 2.24) is 5.32 Å². The van der Waals surface area contributed by atoms with E-state index in [4.69, 9.17) is 23.2 Å². The average Bonchev–Trinajstić information content (AvgIpc) is 2.62. The standard InChI is InChI=1S/C17H14Cl2N2O4/c1-25-17(24)10-2-5-12(6-3-10)21-15(22)9-20-16(23)11-4-7-13(18)14(19)8-11/h2-8H,9H2,1H3,(H,20,23)(H,21,22). The van der Waals surface area contributed by atoms with Gasteiger partial charge in [0, 0.05) is 11.3 Å². The van der Waals surface area contributed by atoms with Crippen molar-refractivity contribution in [3.8, 4) is 0 Å². The van der Waals surface area contributed by atoms with Gasteiger partial charge in [-0.25, -0.2) is 4.79 Å². The van der Waals surface area contributed by atoms with Crippen LogP contribution < -0.4 is 10.6 Å². The minimum atomic E-state index is -0.466. The molecule has 0 saturated carbocycles. The Morgan fingerprint density at radius 1 is 0.960 bits per heavy atom. The van der Waals surface area contributed by atoms with Crippen molar-refractivity contribution in [1.29, 1.82) is 0 Å². The summed E-state index contributed by atoms with van der Waals surface area (Å²) < 4.78 is 4.59. The van der Waals surface area contributed by atoms with Gasteiger partial charge < -0.3 is 15.4 Å². The van der Waals surface area contributed by atoms with Crippen LogP contribution in [0.15, 0.2) is 42.5 Å². The van der Waals surface area contributed by atoms with Gasteiger partial charge >= 0.3 is 5.97 Å². The summed E-state index contributed by atoms with van der Waals surface area (Å²) in [7, 11) is 1.29. The van der Waals surface area contributed by atoms with Crippen molar-refractivity contribution in [2.24, 2.45) is 0 Å². The van der Waals surface area contributed by atoms with Gasteiger partial charge in [0.15, 0.2) is 0 Å². The van der Waals surface area contributed by atoms with E-state index in [2.05, 4.69) is 15.4 Å². The fourth-order valence-electron chi connectivity index (χ4n) is 1.91. The van der Waals surface area contributed by atoms with Gasteiger partial charge in [0.25, 0.3) is 5.91 Å². The summed E-state index contributed by atoms with van der Waals surface area (Å²) in [5, 5.41) is 5.67. The molecule has 0 atom stereocenters. The molecule has 2 amide bonds. The largest absolute Gasteiger partial charge is 0.465 e. The number of nitrogens with one attached hydrogen (secondary N) is 2. The number of rotatable bonds is 5. The van der Waals surface area contributed by atoms with Crippen molar-refractivity contribution in [2.75, 3.05) is 19.0 Å². The third-order valence-corrected chi connectivity index (χ3v) is 3.92. The normalized spacial score (nSPS) is 10.0. The second-order valence-electron chi connectivity index (χ2n) is 4.93. The molecular formula is C17H14Cl2N2O4. The van der Waals surface area contributed by atoms with E-state index >= 15 is 0 Å². The molecule has 6 nitrogen and oxygen atoms in total. The Morgan fingerprint density at radius 2 is 1.60 bits per heavy atom. The van der Waals surface area contributed by atoms with E-state index in [1.165, 1.54) is 37.4 Å². The molecule has 130 valence electrons. The molecule has 0 bridgehead atoms. The number of hydrogen-bond donors (Lipinski definition) is 2. The Bertz CT molecular complexity index is 807. The van der Waals surface area contributed by atoms with Crippen molar-refractivity contribution >= 4 is 46.7 Å². The van der Waals surface area contributed by atoms with Crippen LogP contribution in [0, 0.1) is 0 Å². The highest BCUT2D eigenvalue weighted by Gasteiger charge is 2.10. The molecule has 0 saturated heterocycles. The lowest BCUT2D eigenvalue weighted by atomic mass is 10.2. The Morgan fingerprint density at radius 3 is 2.20 bits per heavy atom. The number of methoxy groups -OCH3 is 1. The monoisotopic (exact) mass is 380 g/mol. The minimum absolute atomic E-state index is 0.224. The molecule has 2 rings (SSSR count). The second kappa shape index (κ2) is 8.50. The number of hydrogen-bond acceptors (Lipinski definition) is 4. The lowest BCUT2D eigenvalue weighted by molar-refractivity contribution is -0.115. The number of halogens is 2. The van der Waals surface area contributed by atoms with Gasteiger partial charge in [0.1, 0.15) is 0 Å². The molecule has 25 heavy (non-hydrogen) atoms. The van der Waals surface area contributed by atoms with Gasteiger partial charge in [0.2, 0.25) is 5.91 Å². The minimum Gasteiger partial charge on any atom is -0.465 e. The van der Waals surface area contributed by atoms with E-state index in [0.717, 1.165) is 0 Å². The lowest BCUT2D eigenvalue weighted by Crippen LogP contribution is -2.32. The van der Waals surface area contributed by atoms with E-state index in [0.29, 0.717) is 21.8 Å². The zero-order valence-corrected chi connectivity index (χ0v) is 14.6. The van der Waals surface area contributed by atoms with E-state index in [1.54, 1.807) is 12.1 Å². The van der Waals surface area contributed by atoms with Gasteiger partial charge in [-0.05, 0) is 42.5 Å². The molecule has 0 unspecified atom stereocenters. The number of carbonyl (C=O) groups is 3. The molecule has 0 spiro atoms. The van der Waals surface area contributed by atoms with Crippen molar-refractivity contribution in [3.05, 3.63) is 63.6 Å².